The van der Waals surface area contributed by atoms with Crippen molar-refractivity contribution in [2.24, 2.45) is 5.73 Å². The standard InChI is InChI=1S/C11H19N3O6/c12-6(4-15)10(18)14-3-1-2-8(14)9(17)13-7(5-16)11(19)20/h6-8,15-16H,1-5,12H2,(H,13,17)(H,19,20)/t6-,7-,8-/m0/s1. The third kappa shape index (κ3) is 3.65. The highest BCUT2D eigenvalue weighted by atomic mass is 16.4. The summed E-state index contributed by atoms with van der Waals surface area (Å²) in [5.74, 6) is -2.56. The highest BCUT2D eigenvalue weighted by Crippen LogP contribution is 2.18. The van der Waals surface area contributed by atoms with Gasteiger partial charge in [0, 0.05) is 6.54 Å². The van der Waals surface area contributed by atoms with Crippen LogP contribution in [0.3, 0.4) is 0 Å². The number of carbonyl (C=O) groups excluding carboxylic acids is 2. The van der Waals surface area contributed by atoms with Crippen LogP contribution in [0.4, 0.5) is 0 Å². The van der Waals surface area contributed by atoms with Crippen LogP contribution in [-0.2, 0) is 14.4 Å². The number of nitrogens with zero attached hydrogens (tertiary/aromatic N) is 1. The molecule has 1 aliphatic heterocycles. The van der Waals surface area contributed by atoms with E-state index in [2.05, 4.69) is 5.32 Å². The van der Waals surface area contributed by atoms with Gasteiger partial charge in [0.2, 0.25) is 11.8 Å². The second-order valence-electron chi connectivity index (χ2n) is 4.56. The van der Waals surface area contributed by atoms with E-state index in [-0.39, 0.29) is 0 Å². The Morgan fingerprint density at radius 2 is 1.95 bits per heavy atom. The molecular formula is C11H19N3O6. The zero-order valence-corrected chi connectivity index (χ0v) is 10.9. The number of nitrogens with one attached hydrogen (secondary N) is 1. The van der Waals surface area contributed by atoms with Crippen LogP contribution in [0.25, 0.3) is 0 Å². The van der Waals surface area contributed by atoms with Gasteiger partial charge in [0.1, 0.15) is 18.1 Å². The fourth-order valence-corrected chi connectivity index (χ4v) is 2.05. The molecule has 9 heteroatoms. The summed E-state index contributed by atoms with van der Waals surface area (Å²) >= 11 is 0. The number of rotatable bonds is 6. The number of aliphatic hydroxyl groups is 2. The number of hydrogen-bond acceptors (Lipinski definition) is 6. The maximum Gasteiger partial charge on any atom is 0.328 e. The van der Waals surface area contributed by atoms with Crippen molar-refractivity contribution in [3.05, 3.63) is 0 Å². The molecule has 0 aliphatic carbocycles. The number of hydrogen-bond donors (Lipinski definition) is 5. The van der Waals surface area contributed by atoms with E-state index in [4.69, 9.17) is 21.1 Å². The van der Waals surface area contributed by atoms with Gasteiger partial charge in [0.05, 0.1) is 13.2 Å². The molecule has 1 heterocycles. The summed E-state index contributed by atoms with van der Waals surface area (Å²) in [6.45, 7) is -0.947. The highest BCUT2D eigenvalue weighted by molar-refractivity contribution is 5.92. The van der Waals surface area contributed by atoms with Gasteiger partial charge in [-0.25, -0.2) is 4.79 Å². The molecule has 0 saturated carbocycles. The average Bonchev–Trinajstić information content (AvgIpc) is 2.91. The maximum absolute atomic E-state index is 12.0. The molecule has 0 aromatic carbocycles. The van der Waals surface area contributed by atoms with Crippen LogP contribution in [0.15, 0.2) is 0 Å². The van der Waals surface area contributed by atoms with Crippen LogP contribution in [0.5, 0.6) is 0 Å². The lowest BCUT2D eigenvalue weighted by Crippen LogP contribution is -2.55. The van der Waals surface area contributed by atoms with E-state index >= 15 is 0 Å². The van der Waals surface area contributed by atoms with Crippen molar-refractivity contribution in [1.82, 2.24) is 10.2 Å². The van der Waals surface area contributed by atoms with E-state index < -0.39 is 49.1 Å². The van der Waals surface area contributed by atoms with Crippen molar-refractivity contribution in [3.63, 3.8) is 0 Å². The van der Waals surface area contributed by atoms with Crippen molar-refractivity contribution in [2.75, 3.05) is 19.8 Å². The number of carbonyl (C=O) groups is 3. The number of aliphatic hydroxyl groups excluding tert-OH is 2. The number of carboxylic acids is 1. The lowest BCUT2D eigenvalue weighted by atomic mass is 10.1. The third-order valence-corrected chi connectivity index (χ3v) is 3.15. The van der Waals surface area contributed by atoms with E-state index in [0.29, 0.717) is 19.4 Å². The molecule has 0 radical (unpaired) electrons. The molecule has 6 N–H and O–H groups in total. The van der Waals surface area contributed by atoms with Crippen molar-refractivity contribution < 1.29 is 29.7 Å². The largest absolute Gasteiger partial charge is 0.480 e. The molecule has 2 amide bonds. The Balaban J connectivity index is 2.71. The number of aliphatic carboxylic acids is 1. The first-order valence-electron chi connectivity index (χ1n) is 6.23. The van der Waals surface area contributed by atoms with E-state index in [9.17, 15) is 14.4 Å². The second kappa shape index (κ2) is 7.17. The third-order valence-electron chi connectivity index (χ3n) is 3.15. The smallest absolute Gasteiger partial charge is 0.328 e. The van der Waals surface area contributed by atoms with Gasteiger partial charge in [-0.3, -0.25) is 9.59 Å². The molecule has 20 heavy (non-hydrogen) atoms. The second-order valence-corrected chi connectivity index (χ2v) is 4.56. The van der Waals surface area contributed by atoms with Crippen LogP contribution in [0.1, 0.15) is 12.8 Å². The molecule has 0 spiro atoms. The summed E-state index contributed by atoms with van der Waals surface area (Å²) in [7, 11) is 0. The van der Waals surface area contributed by atoms with E-state index in [1.54, 1.807) is 0 Å². The van der Waals surface area contributed by atoms with Gasteiger partial charge in [-0.05, 0) is 12.8 Å². The van der Waals surface area contributed by atoms with Gasteiger partial charge in [0.25, 0.3) is 0 Å². The topological polar surface area (TPSA) is 153 Å². The lowest BCUT2D eigenvalue weighted by Gasteiger charge is -2.26. The minimum absolute atomic E-state index is 0.321. The number of likely N-dealkylation sites (tertiary alicyclic amines) is 1. The number of carboxylic acid groups (broad SMARTS) is 1. The molecule has 0 aromatic rings. The molecule has 9 nitrogen and oxygen atoms in total. The molecule has 114 valence electrons. The van der Waals surface area contributed by atoms with Crippen LogP contribution in [-0.4, -0.2) is 75.9 Å². The zero-order valence-electron chi connectivity index (χ0n) is 10.9. The van der Waals surface area contributed by atoms with Crippen molar-refractivity contribution in [2.45, 2.75) is 31.0 Å². The van der Waals surface area contributed by atoms with E-state index in [1.165, 1.54) is 4.90 Å². The van der Waals surface area contributed by atoms with E-state index in [1.807, 2.05) is 0 Å². The van der Waals surface area contributed by atoms with Gasteiger partial charge in [0.15, 0.2) is 0 Å². The summed E-state index contributed by atoms with van der Waals surface area (Å²) in [5.41, 5.74) is 5.43. The predicted octanol–water partition coefficient (Wildman–Crippen LogP) is -3.14. The first-order valence-corrected chi connectivity index (χ1v) is 6.23. The molecule has 0 unspecified atom stereocenters. The Hall–Kier alpha value is -1.71. The molecule has 1 rings (SSSR count). The summed E-state index contributed by atoms with van der Waals surface area (Å²) < 4.78 is 0. The van der Waals surface area contributed by atoms with Crippen molar-refractivity contribution in [3.8, 4) is 0 Å². The predicted molar refractivity (Wildman–Crippen MR) is 66.4 cm³/mol. The van der Waals surface area contributed by atoms with E-state index in [0.717, 1.165) is 0 Å². The number of nitrogens with two attached hydrogens (primary N) is 1. The van der Waals surface area contributed by atoms with Gasteiger partial charge in [-0.2, -0.15) is 0 Å². The van der Waals surface area contributed by atoms with Crippen LogP contribution in [0, 0.1) is 0 Å². The number of amides is 2. The van der Waals surface area contributed by atoms with Crippen LogP contribution in [0.2, 0.25) is 0 Å². The highest BCUT2D eigenvalue weighted by Gasteiger charge is 2.37. The van der Waals surface area contributed by atoms with Gasteiger partial charge < -0.3 is 31.3 Å². The first kappa shape index (κ1) is 16.3. The van der Waals surface area contributed by atoms with Crippen LogP contribution >= 0.6 is 0 Å². The molecule has 3 atom stereocenters. The zero-order chi connectivity index (χ0) is 15.3. The average molecular weight is 289 g/mol. The Morgan fingerprint density at radius 1 is 1.30 bits per heavy atom. The van der Waals surface area contributed by atoms with Gasteiger partial charge in [-0.1, -0.05) is 0 Å². The summed E-state index contributed by atoms with van der Waals surface area (Å²) in [5, 5.41) is 28.6. The van der Waals surface area contributed by atoms with Gasteiger partial charge >= 0.3 is 5.97 Å². The minimum Gasteiger partial charge on any atom is -0.480 e. The fraction of sp³-hybridized carbons (Fsp3) is 0.727. The van der Waals surface area contributed by atoms with Crippen molar-refractivity contribution >= 4 is 17.8 Å². The molecule has 0 aromatic heterocycles. The SMILES string of the molecule is N[C@@H](CO)C(=O)N1CCC[C@H]1C(=O)N[C@@H](CO)C(=O)O. The summed E-state index contributed by atoms with van der Waals surface area (Å²) in [6.07, 6.45) is 0.965. The molecule has 1 fully saturated rings. The maximum atomic E-state index is 12.0. The molecule has 1 aliphatic rings. The normalized spacial score (nSPS) is 21.4. The Morgan fingerprint density at radius 3 is 2.45 bits per heavy atom. The Kier molecular flexibility index (Phi) is 5.86. The Bertz CT molecular complexity index is 388. The molecule has 0 bridgehead atoms. The summed E-state index contributed by atoms with van der Waals surface area (Å²) in [6, 6.07) is -3.34. The fourth-order valence-electron chi connectivity index (χ4n) is 2.05. The Labute approximate surface area is 115 Å². The monoisotopic (exact) mass is 289 g/mol. The molecular weight excluding hydrogens is 270 g/mol. The van der Waals surface area contributed by atoms with Crippen molar-refractivity contribution in [1.29, 1.82) is 0 Å². The molecule has 1 saturated heterocycles. The first-order chi connectivity index (χ1) is 9.42. The lowest BCUT2D eigenvalue weighted by molar-refractivity contribution is -0.145. The minimum atomic E-state index is -1.41. The van der Waals surface area contributed by atoms with Crippen LogP contribution < -0.4 is 11.1 Å². The van der Waals surface area contributed by atoms with Gasteiger partial charge in [-0.15, -0.1) is 0 Å². The summed E-state index contributed by atoms with van der Waals surface area (Å²) in [4.78, 5) is 35.8. The quantitative estimate of drug-likeness (QED) is 0.346.